The van der Waals surface area contributed by atoms with Crippen molar-refractivity contribution in [3.05, 3.63) is 0 Å². The van der Waals surface area contributed by atoms with Gasteiger partial charge < -0.3 is 4.90 Å². The SMILES string of the molecule is CC1CCN(CCCCCCCCCS)CC1C. The Morgan fingerprint density at radius 1 is 0.889 bits per heavy atom. The number of hydrogen-bond donors (Lipinski definition) is 1. The van der Waals surface area contributed by atoms with Gasteiger partial charge in [0.15, 0.2) is 0 Å². The second-order valence-corrected chi connectivity index (χ2v) is 6.69. The highest BCUT2D eigenvalue weighted by Gasteiger charge is 2.21. The summed E-state index contributed by atoms with van der Waals surface area (Å²) in [7, 11) is 0. The number of likely N-dealkylation sites (tertiary alicyclic amines) is 1. The van der Waals surface area contributed by atoms with Crippen LogP contribution in [0.15, 0.2) is 0 Å². The molecule has 2 atom stereocenters. The van der Waals surface area contributed by atoms with E-state index in [0.29, 0.717) is 0 Å². The van der Waals surface area contributed by atoms with Gasteiger partial charge in [-0.05, 0) is 49.9 Å². The fraction of sp³-hybridized carbons (Fsp3) is 1.00. The summed E-state index contributed by atoms with van der Waals surface area (Å²) in [5.41, 5.74) is 0. The number of hydrogen-bond acceptors (Lipinski definition) is 2. The molecule has 0 N–H and O–H groups in total. The zero-order valence-corrected chi connectivity index (χ0v) is 13.4. The van der Waals surface area contributed by atoms with Gasteiger partial charge in [-0.15, -0.1) is 0 Å². The summed E-state index contributed by atoms with van der Waals surface area (Å²) in [6.45, 7) is 8.84. The molecule has 0 saturated carbocycles. The first kappa shape index (κ1) is 16.4. The van der Waals surface area contributed by atoms with Crippen LogP contribution in [0, 0.1) is 11.8 Å². The number of rotatable bonds is 9. The number of piperidine rings is 1. The van der Waals surface area contributed by atoms with E-state index in [9.17, 15) is 0 Å². The predicted molar refractivity (Wildman–Crippen MR) is 85.6 cm³/mol. The zero-order valence-electron chi connectivity index (χ0n) is 12.5. The Hall–Kier alpha value is 0.310. The lowest BCUT2D eigenvalue weighted by Gasteiger charge is -2.35. The minimum absolute atomic E-state index is 0.903. The van der Waals surface area contributed by atoms with Crippen molar-refractivity contribution in [1.82, 2.24) is 4.90 Å². The molecule has 0 aromatic carbocycles. The molecule has 0 radical (unpaired) electrons. The van der Waals surface area contributed by atoms with E-state index in [4.69, 9.17) is 0 Å². The normalized spacial score (nSPS) is 25.5. The van der Waals surface area contributed by atoms with Crippen molar-refractivity contribution in [2.24, 2.45) is 11.8 Å². The average Bonchev–Trinajstić information content (AvgIpc) is 2.37. The lowest BCUT2D eigenvalue weighted by Crippen LogP contribution is -2.38. The summed E-state index contributed by atoms with van der Waals surface area (Å²) in [6.07, 6.45) is 11.2. The van der Waals surface area contributed by atoms with Crippen molar-refractivity contribution in [3.8, 4) is 0 Å². The van der Waals surface area contributed by atoms with E-state index < -0.39 is 0 Å². The maximum absolute atomic E-state index is 4.25. The van der Waals surface area contributed by atoms with Crippen LogP contribution in [0.3, 0.4) is 0 Å². The highest BCUT2D eigenvalue weighted by Crippen LogP contribution is 2.22. The molecule has 0 amide bonds. The van der Waals surface area contributed by atoms with E-state index in [-0.39, 0.29) is 0 Å². The molecule has 0 bridgehead atoms. The van der Waals surface area contributed by atoms with E-state index in [1.165, 1.54) is 71.0 Å². The Kier molecular flexibility index (Phi) is 9.22. The first-order chi connectivity index (χ1) is 8.74. The number of nitrogens with zero attached hydrogens (tertiary/aromatic N) is 1. The molecule has 2 unspecified atom stereocenters. The molecule has 108 valence electrons. The predicted octanol–water partition coefficient (Wildman–Crippen LogP) is 4.62. The third-order valence-corrected chi connectivity index (χ3v) is 4.87. The highest BCUT2D eigenvalue weighted by atomic mass is 32.1. The molecular formula is C16H33NS. The van der Waals surface area contributed by atoms with Crippen molar-refractivity contribution in [3.63, 3.8) is 0 Å². The van der Waals surface area contributed by atoms with Gasteiger partial charge in [-0.25, -0.2) is 0 Å². The van der Waals surface area contributed by atoms with E-state index >= 15 is 0 Å². The van der Waals surface area contributed by atoms with Gasteiger partial charge in [-0.3, -0.25) is 0 Å². The van der Waals surface area contributed by atoms with Crippen LogP contribution >= 0.6 is 12.6 Å². The monoisotopic (exact) mass is 271 g/mol. The molecule has 1 aliphatic heterocycles. The van der Waals surface area contributed by atoms with Crippen LogP contribution in [0.4, 0.5) is 0 Å². The lowest BCUT2D eigenvalue weighted by atomic mass is 9.88. The molecule has 1 rings (SSSR count). The topological polar surface area (TPSA) is 3.24 Å². The molecule has 1 aliphatic rings. The molecule has 2 heteroatoms. The Morgan fingerprint density at radius 3 is 2.11 bits per heavy atom. The summed E-state index contributed by atoms with van der Waals surface area (Å²) in [4.78, 5) is 2.69. The quantitative estimate of drug-likeness (QED) is 0.473. The van der Waals surface area contributed by atoms with E-state index in [0.717, 1.165) is 17.6 Å². The van der Waals surface area contributed by atoms with Crippen molar-refractivity contribution in [1.29, 1.82) is 0 Å². The summed E-state index contributed by atoms with van der Waals surface area (Å²) in [6, 6.07) is 0. The third-order valence-electron chi connectivity index (χ3n) is 4.55. The van der Waals surface area contributed by atoms with Crippen molar-refractivity contribution in [2.45, 2.75) is 65.2 Å². The van der Waals surface area contributed by atoms with Crippen LogP contribution in [-0.2, 0) is 0 Å². The second-order valence-electron chi connectivity index (χ2n) is 6.24. The van der Waals surface area contributed by atoms with Gasteiger partial charge in [0.2, 0.25) is 0 Å². The summed E-state index contributed by atoms with van der Waals surface area (Å²) in [5.74, 6) is 2.90. The molecule has 1 fully saturated rings. The Labute approximate surface area is 120 Å². The van der Waals surface area contributed by atoms with E-state index in [1.54, 1.807) is 0 Å². The minimum atomic E-state index is 0.903. The zero-order chi connectivity index (χ0) is 13.2. The van der Waals surface area contributed by atoms with Gasteiger partial charge in [0.25, 0.3) is 0 Å². The number of unbranched alkanes of at least 4 members (excludes halogenated alkanes) is 6. The van der Waals surface area contributed by atoms with Gasteiger partial charge in [0.05, 0.1) is 0 Å². The van der Waals surface area contributed by atoms with Crippen LogP contribution in [0.1, 0.15) is 65.2 Å². The molecule has 0 spiro atoms. The van der Waals surface area contributed by atoms with Crippen LogP contribution in [0.2, 0.25) is 0 Å². The summed E-state index contributed by atoms with van der Waals surface area (Å²) >= 11 is 4.25. The first-order valence-corrected chi connectivity index (χ1v) is 8.70. The molecule has 18 heavy (non-hydrogen) atoms. The Bertz CT molecular complexity index is 196. The Balaban J connectivity index is 1.89. The highest BCUT2D eigenvalue weighted by molar-refractivity contribution is 7.80. The maximum atomic E-state index is 4.25. The molecule has 1 saturated heterocycles. The maximum Gasteiger partial charge on any atom is 0.000957 e. The van der Waals surface area contributed by atoms with Gasteiger partial charge in [0, 0.05) is 6.54 Å². The molecular weight excluding hydrogens is 238 g/mol. The van der Waals surface area contributed by atoms with Crippen molar-refractivity contribution in [2.75, 3.05) is 25.4 Å². The molecule has 1 nitrogen and oxygen atoms in total. The second kappa shape index (κ2) is 10.1. The molecule has 0 aliphatic carbocycles. The van der Waals surface area contributed by atoms with Crippen LogP contribution in [-0.4, -0.2) is 30.3 Å². The van der Waals surface area contributed by atoms with Gasteiger partial charge in [0.1, 0.15) is 0 Å². The van der Waals surface area contributed by atoms with E-state index in [1.807, 2.05) is 0 Å². The molecule has 0 aromatic rings. The standard InChI is InChI=1S/C16H33NS/c1-15-10-12-17(14-16(15)2)11-8-6-4-3-5-7-9-13-18/h15-16,18H,3-14H2,1-2H3. The smallest absolute Gasteiger partial charge is 0.000957 e. The average molecular weight is 272 g/mol. The Morgan fingerprint density at radius 2 is 1.50 bits per heavy atom. The lowest BCUT2D eigenvalue weighted by molar-refractivity contribution is 0.136. The van der Waals surface area contributed by atoms with Crippen molar-refractivity contribution < 1.29 is 0 Å². The van der Waals surface area contributed by atoms with Gasteiger partial charge in [-0.1, -0.05) is 46.0 Å². The van der Waals surface area contributed by atoms with Crippen LogP contribution in [0.25, 0.3) is 0 Å². The largest absolute Gasteiger partial charge is 0.303 e. The fourth-order valence-corrected chi connectivity index (χ4v) is 3.11. The van der Waals surface area contributed by atoms with Gasteiger partial charge in [-0.2, -0.15) is 12.6 Å². The van der Waals surface area contributed by atoms with Crippen LogP contribution in [0.5, 0.6) is 0 Å². The third kappa shape index (κ3) is 7.04. The van der Waals surface area contributed by atoms with E-state index in [2.05, 4.69) is 31.4 Å². The van der Waals surface area contributed by atoms with Gasteiger partial charge >= 0.3 is 0 Å². The van der Waals surface area contributed by atoms with Crippen LogP contribution < -0.4 is 0 Å². The number of thiol groups is 1. The molecule has 0 aromatic heterocycles. The molecule has 1 heterocycles. The summed E-state index contributed by atoms with van der Waals surface area (Å²) < 4.78 is 0. The first-order valence-electron chi connectivity index (χ1n) is 8.07. The fourth-order valence-electron chi connectivity index (χ4n) is 2.88. The summed E-state index contributed by atoms with van der Waals surface area (Å²) in [5, 5.41) is 0. The van der Waals surface area contributed by atoms with Crippen molar-refractivity contribution >= 4 is 12.6 Å². The minimum Gasteiger partial charge on any atom is -0.303 e.